The first-order chi connectivity index (χ1) is 9.31. The quantitative estimate of drug-likeness (QED) is 0.677. The van der Waals surface area contributed by atoms with Crippen LogP contribution in [0.25, 0.3) is 0 Å². The lowest BCUT2D eigenvalue weighted by molar-refractivity contribution is 0.619. The predicted octanol–water partition coefficient (Wildman–Crippen LogP) is 3.38. The number of aryl methyl sites for hydroxylation is 2. The fraction of sp³-hybridized carbons (Fsp3) is 0.750. The van der Waals surface area contributed by atoms with Crippen molar-refractivity contribution < 1.29 is 0 Å². The van der Waals surface area contributed by atoms with E-state index in [1.54, 1.807) is 5.56 Å². The average molecular weight is 278 g/mol. The molecule has 2 aliphatic carbocycles. The van der Waals surface area contributed by atoms with Gasteiger partial charge in [-0.3, -0.25) is 0 Å². The fourth-order valence-electron chi connectivity index (χ4n) is 2.49. The maximum atomic E-state index is 3.61. The van der Waals surface area contributed by atoms with E-state index in [1.165, 1.54) is 61.2 Å². The molecule has 19 heavy (non-hydrogen) atoms. The Labute approximate surface area is 121 Å². The summed E-state index contributed by atoms with van der Waals surface area (Å²) in [5, 5.41) is 7.20. The first-order valence-electron chi connectivity index (χ1n) is 7.86. The Morgan fingerprint density at radius 2 is 1.84 bits per heavy atom. The van der Waals surface area contributed by atoms with Crippen LogP contribution in [-0.4, -0.2) is 18.6 Å². The summed E-state index contributed by atoms with van der Waals surface area (Å²) in [6.07, 6.45) is 9.48. The van der Waals surface area contributed by atoms with Crippen molar-refractivity contribution in [2.24, 2.45) is 0 Å². The normalized spacial score (nSPS) is 19.0. The van der Waals surface area contributed by atoms with Crippen molar-refractivity contribution >= 4 is 11.3 Å². The van der Waals surface area contributed by atoms with E-state index in [0.29, 0.717) is 0 Å². The zero-order valence-corrected chi connectivity index (χ0v) is 12.8. The van der Waals surface area contributed by atoms with Crippen LogP contribution in [0, 0.1) is 6.92 Å². The maximum absolute atomic E-state index is 3.61. The van der Waals surface area contributed by atoms with Crippen molar-refractivity contribution in [1.29, 1.82) is 0 Å². The zero-order valence-electron chi connectivity index (χ0n) is 12.0. The summed E-state index contributed by atoms with van der Waals surface area (Å²) < 4.78 is 0. The average Bonchev–Trinajstić information content (AvgIpc) is 3.29. The number of unbranched alkanes of at least 4 members (excludes halogenated alkanes) is 1. The highest BCUT2D eigenvalue weighted by atomic mass is 32.1. The minimum Gasteiger partial charge on any atom is -0.314 e. The molecule has 0 radical (unpaired) electrons. The maximum Gasteiger partial charge on any atom is 0.0302 e. The summed E-state index contributed by atoms with van der Waals surface area (Å²) in [4.78, 5) is 3.05. The van der Waals surface area contributed by atoms with Crippen molar-refractivity contribution in [3.8, 4) is 0 Å². The minimum absolute atomic E-state index is 0.819. The molecule has 3 rings (SSSR count). The predicted molar refractivity (Wildman–Crippen MR) is 82.9 cm³/mol. The van der Waals surface area contributed by atoms with Crippen molar-refractivity contribution in [3.63, 3.8) is 0 Å². The molecule has 2 fully saturated rings. The number of hydrogen-bond donors (Lipinski definition) is 2. The van der Waals surface area contributed by atoms with Crippen LogP contribution in [0.2, 0.25) is 0 Å². The van der Waals surface area contributed by atoms with E-state index in [4.69, 9.17) is 0 Å². The molecule has 0 aliphatic heterocycles. The lowest BCUT2D eigenvalue weighted by Crippen LogP contribution is -2.17. The van der Waals surface area contributed by atoms with E-state index in [1.807, 2.05) is 11.3 Å². The van der Waals surface area contributed by atoms with Crippen molar-refractivity contribution in [2.75, 3.05) is 6.54 Å². The third kappa shape index (κ3) is 4.59. The molecule has 2 nitrogen and oxygen atoms in total. The molecule has 0 aromatic carbocycles. The van der Waals surface area contributed by atoms with Gasteiger partial charge in [-0.05, 0) is 70.0 Å². The van der Waals surface area contributed by atoms with Gasteiger partial charge in [-0.25, -0.2) is 0 Å². The van der Waals surface area contributed by atoms with Gasteiger partial charge in [0.1, 0.15) is 0 Å². The second kappa shape index (κ2) is 6.38. The molecule has 2 aliphatic rings. The number of thiophene rings is 1. The zero-order chi connectivity index (χ0) is 13.1. The molecule has 0 bridgehead atoms. The molecule has 0 amide bonds. The van der Waals surface area contributed by atoms with Crippen LogP contribution in [0.5, 0.6) is 0 Å². The lowest BCUT2D eigenvalue weighted by atomic mass is 10.1. The summed E-state index contributed by atoms with van der Waals surface area (Å²) in [5.41, 5.74) is 1.59. The van der Waals surface area contributed by atoms with E-state index in [-0.39, 0.29) is 0 Å². The van der Waals surface area contributed by atoms with Gasteiger partial charge in [0.05, 0.1) is 0 Å². The van der Waals surface area contributed by atoms with Crippen LogP contribution < -0.4 is 10.6 Å². The summed E-state index contributed by atoms with van der Waals surface area (Å²) in [6, 6.07) is 4.12. The Morgan fingerprint density at radius 3 is 2.58 bits per heavy atom. The van der Waals surface area contributed by atoms with Crippen molar-refractivity contribution in [3.05, 3.63) is 21.4 Å². The minimum atomic E-state index is 0.819. The molecule has 0 unspecified atom stereocenters. The monoisotopic (exact) mass is 278 g/mol. The molecule has 1 heterocycles. The van der Waals surface area contributed by atoms with Crippen LogP contribution in [0.15, 0.2) is 6.07 Å². The standard InChI is InChI=1S/C16H26N2S/c1-12-13(4-2-3-9-17-14-5-6-14)10-16(19-12)11-18-15-7-8-15/h10,14-15,17-18H,2-9,11H2,1H3. The summed E-state index contributed by atoms with van der Waals surface area (Å²) in [6.45, 7) is 4.58. The van der Waals surface area contributed by atoms with E-state index in [9.17, 15) is 0 Å². The Hall–Kier alpha value is -0.380. The fourth-order valence-corrected chi connectivity index (χ4v) is 3.53. The third-order valence-corrected chi connectivity index (χ3v) is 5.19. The second-order valence-electron chi connectivity index (χ2n) is 6.13. The molecule has 0 saturated heterocycles. The highest BCUT2D eigenvalue weighted by molar-refractivity contribution is 7.12. The van der Waals surface area contributed by atoms with Gasteiger partial charge < -0.3 is 10.6 Å². The molecule has 2 saturated carbocycles. The van der Waals surface area contributed by atoms with Crippen molar-refractivity contribution in [2.45, 2.75) is 70.5 Å². The van der Waals surface area contributed by atoms with Crippen molar-refractivity contribution in [1.82, 2.24) is 10.6 Å². The smallest absolute Gasteiger partial charge is 0.0302 e. The molecule has 0 atom stereocenters. The highest BCUT2D eigenvalue weighted by Gasteiger charge is 2.20. The first-order valence-corrected chi connectivity index (χ1v) is 8.68. The summed E-state index contributed by atoms with van der Waals surface area (Å²) >= 11 is 1.98. The topological polar surface area (TPSA) is 24.1 Å². The number of hydrogen-bond acceptors (Lipinski definition) is 3. The van der Waals surface area contributed by atoms with E-state index in [2.05, 4.69) is 23.6 Å². The van der Waals surface area contributed by atoms with Gasteiger partial charge in [0.2, 0.25) is 0 Å². The first kappa shape index (κ1) is 13.6. The van der Waals surface area contributed by atoms with Gasteiger partial charge in [-0.15, -0.1) is 11.3 Å². The Balaban J connectivity index is 1.35. The Morgan fingerprint density at radius 1 is 1.11 bits per heavy atom. The molecule has 106 valence electrons. The Kier molecular flexibility index (Phi) is 4.57. The molecular weight excluding hydrogens is 252 g/mol. The molecule has 3 heteroatoms. The molecule has 0 spiro atoms. The van der Waals surface area contributed by atoms with Crippen LogP contribution >= 0.6 is 11.3 Å². The Bertz CT molecular complexity index is 405. The van der Waals surface area contributed by atoms with Gasteiger partial charge in [0, 0.05) is 28.4 Å². The van der Waals surface area contributed by atoms with Crippen LogP contribution in [0.4, 0.5) is 0 Å². The van der Waals surface area contributed by atoms with E-state index in [0.717, 1.165) is 18.6 Å². The molecule has 2 N–H and O–H groups in total. The van der Waals surface area contributed by atoms with E-state index < -0.39 is 0 Å². The third-order valence-electron chi connectivity index (χ3n) is 4.10. The van der Waals surface area contributed by atoms with Gasteiger partial charge in [0.25, 0.3) is 0 Å². The second-order valence-corrected chi connectivity index (χ2v) is 7.48. The molecular formula is C16H26N2S. The SMILES string of the molecule is Cc1sc(CNC2CC2)cc1CCCCNC1CC1. The number of rotatable bonds is 9. The summed E-state index contributed by atoms with van der Waals surface area (Å²) in [7, 11) is 0. The molecule has 1 aromatic heterocycles. The highest BCUT2D eigenvalue weighted by Crippen LogP contribution is 2.25. The van der Waals surface area contributed by atoms with Crippen LogP contribution in [-0.2, 0) is 13.0 Å². The van der Waals surface area contributed by atoms with Gasteiger partial charge >= 0.3 is 0 Å². The molecule has 1 aromatic rings. The number of nitrogens with one attached hydrogen (secondary N) is 2. The van der Waals surface area contributed by atoms with Crippen LogP contribution in [0.1, 0.15) is 53.8 Å². The van der Waals surface area contributed by atoms with Crippen LogP contribution in [0.3, 0.4) is 0 Å². The van der Waals surface area contributed by atoms with Gasteiger partial charge in [-0.1, -0.05) is 0 Å². The summed E-state index contributed by atoms with van der Waals surface area (Å²) in [5.74, 6) is 0. The van der Waals surface area contributed by atoms with Gasteiger partial charge in [-0.2, -0.15) is 0 Å². The largest absolute Gasteiger partial charge is 0.314 e. The van der Waals surface area contributed by atoms with E-state index >= 15 is 0 Å². The lowest BCUT2D eigenvalue weighted by Gasteiger charge is -2.02. The van der Waals surface area contributed by atoms with Gasteiger partial charge in [0.15, 0.2) is 0 Å².